The summed E-state index contributed by atoms with van der Waals surface area (Å²) in [5, 5.41) is 1.38. The Balaban J connectivity index is 2.30. The SMILES string of the molecule is CCc1nsc(Sc2nc(CC)nc(Cl)c2C)n1. The molecule has 18 heavy (non-hydrogen) atoms. The molecule has 0 unspecified atom stereocenters. The summed E-state index contributed by atoms with van der Waals surface area (Å²) in [4.78, 5) is 13.1. The van der Waals surface area contributed by atoms with Gasteiger partial charge in [0, 0.05) is 18.4 Å². The molecule has 0 N–H and O–H groups in total. The van der Waals surface area contributed by atoms with E-state index in [1.54, 1.807) is 0 Å². The van der Waals surface area contributed by atoms with Gasteiger partial charge in [-0.25, -0.2) is 15.0 Å². The number of nitrogens with zero attached hydrogens (tertiary/aromatic N) is 4. The Morgan fingerprint density at radius 1 is 1.11 bits per heavy atom. The summed E-state index contributed by atoms with van der Waals surface area (Å²) >= 11 is 9.00. The van der Waals surface area contributed by atoms with Gasteiger partial charge in [0.1, 0.15) is 21.8 Å². The van der Waals surface area contributed by atoms with Gasteiger partial charge in [-0.15, -0.1) is 0 Å². The Labute approximate surface area is 119 Å². The lowest BCUT2D eigenvalue weighted by Gasteiger charge is -2.05. The highest BCUT2D eigenvalue weighted by Gasteiger charge is 2.12. The fraction of sp³-hybridized carbons (Fsp3) is 0.455. The summed E-state index contributed by atoms with van der Waals surface area (Å²) in [5.41, 5.74) is 0.895. The molecule has 0 saturated carbocycles. The Hall–Kier alpha value is -0.720. The van der Waals surface area contributed by atoms with Crippen molar-refractivity contribution >= 4 is 34.9 Å². The van der Waals surface area contributed by atoms with Crippen LogP contribution in [0, 0.1) is 6.92 Å². The maximum Gasteiger partial charge on any atom is 0.176 e. The summed E-state index contributed by atoms with van der Waals surface area (Å²) in [6.45, 7) is 5.97. The normalized spacial score (nSPS) is 10.9. The first-order chi connectivity index (χ1) is 8.63. The molecule has 2 rings (SSSR count). The number of aromatic nitrogens is 4. The molecule has 0 aliphatic rings. The van der Waals surface area contributed by atoms with Crippen molar-refractivity contribution < 1.29 is 0 Å². The monoisotopic (exact) mass is 300 g/mol. The Morgan fingerprint density at radius 2 is 1.83 bits per heavy atom. The minimum atomic E-state index is 0.518. The average Bonchev–Trinajstić information content (AvgIpc) is 2.82. The highest BCUT2D eigenvalue weighted by Crippen LogP contribution is 2.32. The van der Waals surface area contributed by atoms with Gasteiger partial charge in [-0.05, 0) is 30.2 Å². The van der Waals surface area contributed by atoms with E-state index in [1.807, 2.05) is 20.8 Å². The van der Waals surface area contributed by atoms with E-state index >= 15 is 0 Å². The lowest BCUT2D eigenvalue weighted by molar-refractivity contribution is 0.870. The number of halogens is 1. The molecule has 0 bridgehead atoms. The molecule has 0 radical (unpaired) electrons. The van der Waals surface area contributed by atoms with Crippen LogP contribution in [0.1, 0.15) is 31.1 Å². The van der Waals surface area contributed by atoms with Crippen molar-refractivity contribution in [1.29, 1.82) is 0 Å². The van der Waals surface area contributed by atoms with Gasteiger partial charge >= 0.3 is 0 Å². The zero-order valence-electron chi connectivity index (χ0n) is 10.4. The zero-order valence-corrected chi connectivity index (χ0v) is 12.8. The minimum Gasteiger partial charge on any atom is -0.226 e. The molecule has 0 aromatic carbocycles. The van der Waals surface area contributed by atoms with E-state index in [-0.39, 0.29) is 0 Å². The molecule has 0 amide bonds. The van der Waals surface area contributed by atoms with Crippen LogP contribution in [0.25, 0.3) is 0 Å². The molecule has 0 fully saturated rings. The van der Waals surface area contributed by atoms with E-state index in [2.05, 4.69) is 19.3 Å². The van der Waals surface area contributed by atoms with E-state index < -0.39 is 0 Å². The highest BCUT2D eigenvalue weighted by atomic mass is 35.5. The molecule has 0 aliphatic carbocycles. The van der Waals surface area contributed by atoms with Crippen molar-refractivity contribution in [3.63, 3.8) is 0 Å². The molecule has 2 heterocycles. The quantitative estimate of drug-likeness (QED) is 0.808. The summed E-state index contributed by atoms with van der Waals surface area (Å²) in [5.74, 6) is 1.63. The minimum absolute atomic E-state index is 0.518. The average molecular weight is 301 g/mol. The second kappa shape index (κ2) is 5.95. The summed E-state index contributed by atoms with van der Waals surface area (Å²) in [7, 11) is 0. The number of hydrogen-bond donors (Lipinski definition) is 0. The molecule has 7 heteroatoms. The third-order valence-electron chi connectivity index (χ3n) is 2.35. The van der Waals surface area contributed by atoms with Crippen molar-refractivity contribution in [3.8, 4) is 0 Å². The Kier molecular flexibility index (Phi) is 4.53. The Morgan fingerprint density at radius 3 is 2.44 bits per heavy atom. The van der Waals surface area contributed by atoms with Crippen LogP contribution in [0.4, 0.5) is 0 Å². The Bertz CT molecular complexity index is 556. The molecule has 2 aromatic rings. The predicted molar refractivity (Wildman–Crippen MR) is 74.6 cm³/mol. The second-order valence-corrected chi connectivity index (χ2v) is 5.99. The standard InChI is InChI=1S/C11H13ClN4S2/c1-4-7-13-9(12)6(3)10(14-7)17-11-15-8(5-2)16-18-11/h4-5H2,1-3H3. The molecule has 0 saturated heterocycles. The van der Waals surface area contributed by atoms with Crippen molar-refractivity contribution in [2.75, 3.05) is 0 Å². The molecule has 0 atom stereocenters. The van der Waals surface area contributed by atoms with E-state index in [4.69, 9.17) is 11.6 Å². The highest BCUT2D eigenvalue weighted by molar-refractivity contribution is 8.00. The molecular formula is C11H13ClN4S2. The van der Waals surface area contributed by atoms with Crippen LogP contribution in [0.2, 0.25) is 5.15 Å². The van der Waals surface area contributed by atoms with Gasteiger partial charge in [-0.2, -0.15) is 4.37 Å². The first kappa shape index (κ1) is 13.7. The van der Waals surface area contributed by atoms with Crippen LogP contribution >= 0.6 is 34.9 Å². The third-order valence-corrected chi connectivity index (χ3v) is 4.60. The number of rotatable bonds is 4. The van der Waals surface area contributed by atoms with Gasteiger partial charge in [0.15, 0.2) is 4.34 Å². The molecule has 2 aromatic heterocycles. The maximum absolute atomic E-state index is 6.10. The van der Waals surface area contributed by atoms with E-state index in [9.17, 15) is 0 Å². The predicted octanol–water partition coefficient (Wildman–Crippen LogP) is 3.57. The van der Waals surface area contributed by atoms with Crippen LogP contribution in [-0.4, -0.2) is 19.3 Å². The maximum atomic E-state index is 6.10. The first-order valence-electron chi connectivity index (χ1n) is 5.67. The summed E-state index contributed by atoms with van der Waals surface area (Å²) < 4.78 is 5.15. The van der Waals surface area contributed by atoms with Crippen LogP contribution in [0.3, 0.4) is 0 Å². The van der Waals surface area contributed by atoms with Crippen molar-refractivity contribution in [3.05, 3.63) is 22.4 Å². The molecule has 0 aliphatic heterocycles. The van der Waals surface area contributed by atoms with Gasteiger partial charge in [0.2, 0.25) is 0 Å². The summed E-state index contributed by atoms with van der Waals surface area (Å²) in [6.07, 6.45) is 1.62. The molecule has 96 valence electrons. The van der Waals surface area contributed by atoms with Gasteiger partial charge in [-0.1, -0.05) is 25.4 Å². The van der Waals surface area contributed by atoms with Crippen molar-refractivity contribution in [2.45, 2.75) is 43.0 Å². The van der Waals surface area contributed by atoms with Gasteiger partial charge < -0.3 is 0 Å². The summed E-state index contributed by atoms with van der Waals surface area (Å²) in [6, 6.07) is 0. The smallest absolute Gasteiger partial charge is 0.176 e. The molecule has 4 nitrogen and oxygen atoms in total. The van der Waals surface area contributed by atoms with Crippen molar-refractivity contribution in [2.24, 2.45) is 0 Å². The lowest BCUT2D eigenvalue weighted by Crippen LogP contribution is -1.98. The fourth-order valence-corrected chi connectivity index (χ4v) is 3.23. The second-order valence-electron chi connectivity index (χ2n) is 3.65. The van der Waals surface area contributed by atoms with E-state index in [0.717, 1.165) is 39.4 Å². The fourth-order valence-electron chi connectivity index (χ4n) is 1.27. The van der Waals surface area contributed by atoms with Crippen LogP contribution in [-0.2, 0) is 12.8 Å². The number of aryl methyl sites for hydroxylation is 2. The largest absolute Gasteiger partial charge is 0.226 e. The lowest BCUT2D eigenvalue weighted by atomic mass is 10.3. The van der Waals surface area contributed by atoms with Crippen LogP contribution in [0.5, 0.6) is 0 Å². The zero-order chi connectivity index (χ0) is 13.1. The van der Waals surface area contributed by atoms with Crippen LogP contribution < -0.4 is 0 Å². The first-order valence-corrected chi connectivity index (χ1v) is 7.64. The van der Waals surface area contributed by atoms with Gasteiger partial charge in [-0.3, -0.25) is 0 Å². The molecular weight excluding hydrogens is 288 g/mol. The van der Waals surface area contributed by atoms with Gasteiger partial charge in [0.25, 0.3) is 0 Å². The topological polar surface area (TPSA) is 51.6 Å². The molecule has 0 spiro atoms. The number of hydrogen-bond acceptors (Lipinski definition) is 6. The van der Waals surface area contributed by atoms with Crippen LogP contribution in [0.15, 0.2) is 9.37 Å². The van der Waals surface area contributed by atoms with E-state index in [0.29, 0.717) is 5.15 Å². The van der Waals surface area contributed by atoms with Crippen molar-refractivity contribution in [1.82, 2.24) is 19.3 Å². The van der Waals surface area contributed by atoms with E-state index in [1.165, 1.54) is 23.3 Å². The van der Waals surface area contributed by atoms with Gasteiger partial charge in [0.05, 0.1) is 0 Å². The third kappa shape index (κ3) is 2.99.